The van der Waals surface area contributed by atoms with Gasteiger partial charge in [-0.2, -0.15) is 0 Å². The fraction of sp³-hybridized carbons (Fsp3) is 0.464. The van der Waals surface area contributed by atoms with Crippen LogP contribution >= 0.6 is 0 Å². The van der Waals surface area contributed by atoms with E-state index in [1.807, 2.05) is 42.2 Å². The van der Waals surface area contributed by atoms with Gasteiger partial charge in [0.2, 0.25) is 0 Å². The number of furan rings is 1. The van der Waals surface area contributed by atoms with Gasteiger partial charge in [0.15, 0.2) is 5.76 Å². The normalized spacial score (nSPS) is 22.0. The number of aliphatic hydroxyl groups excluding tert-OH is 1. The van der Waals surface area contributed by atoms with Crippen LogP contribution in [0.3, 0.4) is 0 Å². The predicted molar refractivity (Wildman–Crippen MR) is 132 cm³/mol. The third-order valence-corrected chi connectivity index (χ3v) is 7.97. The van der Waals surface area contributed by atoms with Gasteiger partial charge in [0, 0.05) is 54.8 Å². The van der Waals surface area contributed by atoms with E-state index in [-0.39, 0.29) is 11.5 Å². The van der Waals surface area contributed by atoms with Crippen molar-refractivity contribution in [3.05, 3.63) is 59.4 Å². The number of nitrogens with zero attached hydrogens (tertiary/aromatic N) is 2. The average Bonchev–Trinajstić information content (AvgIpc) is 3.21. The lowest BCUT2D eigenvalue weighted by atomic mass is 9.77. The van der Waals surface area contributed by atoms with Crippen LogP contribution in [-0.4, -0.2) is 47.7 Å². The Morgan fingerprint density at radius 3 is 2.47 bits per heavy atom. The highest BCUT2D eigenvalue weighted by molar-refractivity contribution is 6.00. The number of fused-ring (bicyclic) bond motifs is 3. The van der Waals surface area contributed by atoms with Crippen LogP contribution in [0, 0.1) is 6.92 Å². The van der Waals surface area contributed by atoms with E-state index in [0.717, 1.165) is 61.0 Å². The molecule has 3 aliphatic rings. The first-order valence-electron chi connectivity index (χ1n) is 12.6. The van der Waals surface area contributed by atoms with Gasteiger partial charge in [-0.1, -0.05) is 24.6 Å². The Labute approximate surface area is 200 Å². The Bertz CT molecular complexity index is 1200. The van der Waals surface area contributed by atoms with Crippen LogP contribution in [0.2, 0.25) is 0 Å². The molecule has 1 atom stereocenters. The van der Waals surface area contributed by atoms with E-state index in [0.29, 0.717) is 30.9 Å². The van der Waals surface area contributed by atoms with Crippen molar-refractivity contribution in [3.63, 3.8) is 0 Å². The highest BCUT2D eigenvalue weighted by Gasteiger charge is 2.42. The summed E-state index contributed by atoms with van der Waals surface area (Å²) in [6, 6.07) is 14.1. The van der Waals surface area contributed by atoms with Crippen LogP contribution in [-0.2, 0) is 0 Å². The number of amides is 1. The number of para-hydroxylation sites is 1. The van der Waals surface area contributed by atoms with Gasteiger partial charge in [-0.05, 0) is 56.9 Å². The monoisotopic (exact) mass is 460 g/mol. The maximum absolute atomic E-state index is 13.4. The number of carbonyl (C=O) groups is 1. The summed E-state index contributed by atoms with van der Waals surface area (Å²) in [4.78, 5) is 17.6. The number of ether oxygens (including phenoxy) is 1. The van der Waals surface area contributed by atoms with Gasteiger partial charge in [0.05, 0.1) is 6.10 Å². The van der Waals surface area contributed by atoms with Crippen molar-refractivity contribution in [3.8, 4) is 5.75 Å². The number of anilines is 1. The Morgan fingerprint density at radius 1 is 1.00 bits per heavy atom. The van der Waals surface area contributed by atoms with E-state index in [2.05, 4.69) is 17.0 Å². The summed E-state index contributed by atoms with van der Waals surface area (Å²) in [6.07, 6.45) is 5.50. The lowest BCUT2D eigenvalue weighted by molar-refractivity contribution is -0.0373. The summed E-state index contributed by atoms with van der Waals surface area (Å²) in [5.74, 6) is 1.04. The van der Waals surface area contributed by atoms with Gasteiger partial charge in [0.25, 0.3) is 5.91 Å². The first-order chi connectivity index (χ1) is 16.5. The van der Waals surface area contributed by atoms with Crippen LogP contribution in [0.15, 0.2) is 46.9 Å². The smallest absolute Gasteiger partial charge is 0.290 e. The number of aryl methyl sites for hydroxylation is 1. The highest BCUT2D eigenvalue weighted by Crippen LogP contribution is 2.49. The molecule has 6 nitrogen and oxygen atoms in total. The molecule has 1 N–H and O–H groups in total. The van der Waals surface area contributed by atoms with E-state index in [1.165, 1.54) is 12.1 Å². The van der Waals surface area contributed by atoms with Gasteiger partial charge < -0.3 is 24.1 Å². The predicted octanol–water partition coefficient (Wildman–Crippen LogP) is 5.22. The molecule has 6 rings (SSSR count). The van der Waals surface area contributed by atoms with E-state index in [4.69, 9.17) is 9.15 Å². The highest BCUT2D eigenvalue weighted by atomic mass is 16.5. The molecule has 2 aromatic carbocycles. The molecule has 1 aromatic heterocycles. The topological polar surface area (TPSA) is 66.2 Å². The lowest BCUT2D eigenvalue weighted by Crippen LogP contribution is -2.48. The Kier molecular flexibility index (Phi) is 5.29. The molecule has 1 saturated carbocycles. The number of carbonyl (C=O) groups excluding carboxylic acids is 1. The minimum Gasteiger partial charge on any atom is -0.487 e. The zero-order chi connectivity index (χ0) is 23.3. The molecule has 1 spiro atoms. The van der Waals surface area contributed by atoms with Crippen LogP contribution in [0.25, 0.3) is 11.0 Å². The summed E-state index contributed by atoms with van der Waals surface area (Å²) in [5.41, 5.74) is 3.15. The largest absolute Gasteiger partial charge is 0.487 e. The third kappa shape index (κ3) is 3.56. The molecule has 2 aliphatic heterocycles. The van der Waals surface area contributed by atoms with E-state index in [1.54, 1.807) is 0 Å². The van der Waals surface area contributed by atoms with Gasteiger partial charge in [-0.25, -0.2) is 0 Å². The second kappa shape index (κ2) is 8.35. The number of aliphatic hydroxyl groups is 1. The van der Waals surface area contributed by atoms with Crippen molar-refractivity contribution in [2.24, 2.45) is 0 Å². The Hall–Kier alpha value is -2.99. The number of piperazine rings is 1. The molecular weight excluding hydrogens is 428 g/mol. The van der Waals surface area contributed by atoms with Crippen LogP contribution < -0.4 is 9.64 Å². The second-order valence-electron chi connectivity index (χ2n) is 10.1. The molecule has 2 fully saturated rings. The fourth-order valence-corrected chi connectivity index (χ4v) is 6.16. The Morgan fingerprint density at radius 2 is 1.74 bits per heavy atom. The molecule has 0 radical (unpaired) electrons. The second-order valence-corrected chi connectivity index (χ2v) is 10.1. The number of rotatable bonds is 2. The molecule has 34 heavy (non-hydrogen) atoms. The fourth-order valence-electron chi connectivity index (χ4n) is 6.16. The molecule has 178 valence electrons. The van der Waals surface area contributed by atoms with Crippen LogP contribution in [0.4, 0.5) is 5.69 Å². The molecule has 0 bridgehead atoms. The summed E-state index contributed by atoms with van der Waals surface area (Å²) >= 11 is 0. The summed E-state index contributed by atoms with van der Waals surface area (Å²) in [6.45, 7) is 4.81. The zero-order valence-corrected chi connectivity index (χ0v) is 19.8. The van der Waals surface area contributed by atoms with E-state index in [9.17, 15) is 9.90 Å². The minimum absolute atomic E-state index is 0.0786. The van der Waals surface area contributed by atoms with E-state index >= 15 is 0 Å². The Balaban J connectivity index is 1.26. The van der Waals surface area contributed by atoms with Crippen LogP contribution in [0.5, 0.6) is 5.75 Å². The average molecular weight is 461 g/mol. The molecule has 3 heterocycles. The molecule has 1 amide bonds. The zero-order valence-electron chi connectivity index (χ0n) is 19.8. The van der Waals surface area contributed by atoms with Crippen molar-refractivity contribution < 1.29 is 19.1 Å². The number of hydrogen-bond donors (Lipinski definition) is 1. The maximum atomic E-state index is 13.4. The summed E-state index contributed by atoms with van der Waals surface area (Å²) < 4.78 is 12.6. The summed E-state index contributed by atoms with van der Waals surface area (Å²) in [7, 11) is 0. The minimum atomic E-state index is -0.612. The van der Waals surface area contributed by atoms with E-state index < -0.39 is 6.10 Å². The van der Waals surface area contributed by atoms with Crippen molar-refractivity contribution >= 4 is 22.6 Å². The first kappa shape index (κ1) is 21.5. The molecule has 0 unspecified atom stereocenters. The molecular formula is C28H32N2O4. The van der Waals surface area contributed by atoms with Crippen molar-refractivity contribution in [1.29, 1.82) is 0 Å². The number of hydrogen-bond acceptors (Lipinski definition) is 5. The first-order valence-corrected chi connectivity index (χ1v) is 12.6. The molecule has 1 saturated heterocycles. The lowest BCUT2D eigenvalue weighted by Gasteiger charge is -2.43. The summed E-state index contributed by atoms with van der Waals surface area (Å²) in [5, 5.41) is 12.0. The number of benzene rings is 2. The quantitative estimate of drug-likeness (QED) is 0.568. The standard InChI is InChI=1S/C28H32N2O4/c1-19-24-22(10-11-23-25(24)21(31)18-28(34-23)12-6-3-7-13-28)33-26(19)27(32)30-16-14-29(15-17-30)20-8-4-2-5-9-20/h2,4-5,8-11,21,31H,3,6-7,12-18H2,1H3/t21-/m0/s1. The molecule has 1 aliphatic carbocycles. The van der Waals surface area contributed by atoms with Crippen LogP contribution in [0.1, 0.15) is 66.3 Å². The SMILES string of the molecule is Cc1c(C(=O)N2CCN(c3ccccc3)CC2)oc2ccc3c(c12)[C@@H](O)CC1(CCCCC1)O3. The third-order valence-electron chi connectivity index (χ3n) is 7.97. The van der Waals surface area contributed by atoms with Gasteiger partial charge in [-0.15, -0.1) is 0 Å². The van der Waals surface area contributed by atoms with Crippen molar-refractivity contribution in [1.82, 2.24) is 4.90 Å². The van der Waals surface area contributed by atoms with Gasteiger partial charge >= 0.3 is 0 Å². The maximum Gasteiger partial charge on any atom is 0.290 e. The van der Waals surface area contributed by atoms with Crippen molar-refractivity contribution in [2.45, 2.75) is 57.2 Å². The van der Waals surface area contributed by atoms with Gasteiger partial charge in [0.1, 0.15) is 16.9 Å². The van der Waals surface area contributed by atoms with Crippen molar-refractivity contribution in [2.75, 3.05) is 31.1 Å². The van der Waals surface area contributed by atoms with Gasteiger partial charge in [-0.3, -0.25) is 4.79 Å². The molecule has 6 heteroatoms. The molecule has 3 aromatic rings.